The Bertz CT molecular complexity index is 1140. The van der Waals surface area contributed by atoms with Crippen molar-refractivity contribution < 1.29 is 14.3 Å². The van der Waals surface area contributed by atoms with E-state index in [4.69, 9.17) is 32.7 Å². The lowest BCUT2D eigenvalue weighted by Crippen LogP contribution is -2.44. The molecule has 2 heterocycles. The van der Waals surface area contributed by atoms with Crippen LogP contribution in [-0.2, 0) is 14.9 Å². The second-order valence-electron chi connectivity index (χ2n) is 11.2. The Morgan fingerprint density at radius 3 is 2.53 bits per heavy atom. The highest BCUT2D eigenvalue weighted by Crippen LogP contribution is 2.51. The maximum atomic E-state index is 13.0. The van der Waals surface area contributed by atoms with Crippen molar-refractivity contribution in [2.45, 2.75) is 50.8 Å². The van der Waals surface area contributed by atoms with Crippen molar-refractivity contribution in [2.75, 3.05) is 39.4 Å². The van der Waals surface area contributed by atoms with Crippen molar-refractivity contribution >= 4 is 29.3 Å². The molecule has 4 atom stereocenters. The molecular weight excluding hydrogens is 523 g/mol. The molecule has 38 heavy (non-hydrogen) atoms. The van der Waals surface area contributed by atoms with Crippen LogP contribution in [0.5, 0.6) is 0 Å². The van der Waals surface area contributed by atoms with Gasteiger partial charge in [-0.3, -0.25) is 10.2 Å². The Kier molecular flexibility index (Phi) is 9.23. The number of nitrogens with one attached hydrogen (secondary N) is 2. The van der Waals surface area contributed by atoms with Crippen LogP contribution in [0.1, 0.15) is 44.2 Å². The summed E-state index contributed by atoms with van der Waals surface area (Å²) in [6.45, 7) is 10.7. The summed E-state index contributed by atoms with van der Waals surface area (Å²) in [5, 5.41) is 18.5. The van der Waals surface area contributed by atoms with Gasteiger partial charge in [-0.25, -0.2) is 4.79 Å². The number of benzene rings is 2. The molecule has 0 bridgehead atoms. The van der Waals surface area contributed by atoms with Gasteiger partial charge in [-0.15, -0.1) is 0 Å². The summed E-state index contributed by atoms with van der Waals surface area (Å²) in [6.07, 6.45) is -0.597. The molecule has 0 spiro atoms. The molecule has 2 aliphatic heterocycles. The van der Waals surface area contributed by atoms with E-state index in [9.17, 15) is 10.1 Å². The molecule has 0 aliphatic carbocycles. The van der Waals surface area contributed by atoms with Crippen molar-refractivity contribution in [2.24, 2.45) is 5.41 Å². The molecule has 4 rings (SSSR count). The molecule has 2 fully saturated rings. The normalized spacial score (nSPS) is 26.1. The highest BCUT2D eigenvalue weighted by Gasteiger charge is 2.59. The number of rotatable bonds is 7. The van der Waals surface area contributed by atoms with Crippen LogP contribution in [-0.4, -0.2) is 62.7 Å². The summed E-state index contributed by atoms with van der Waals surface area (Å²) in [5.74, 6) is -0.510. The second-order valence-corrected chi connectivity index (χ2v) is 12.1. The van der Waals surface area contributed by atoms with E-state index in [1.54, 1.807) is 18.2 Å². The fourth-order valence-corrected chi connectivity index (χ4v) is 5.89. The van der Waals surface area contributed by atoms with Crippen molar-refractivity contribution in [3.63, 3.8) is 0 Å². The average Bonchev–Trinajstić information content (AvgIpc) is 3.16. The van der Waals surface area contributed by atoms with Crippen molar-refractivity contribution in [3.8, 4) is 6.07 Å². The first kappa shape index (κ1) is 28.7. The fraction of sp³-hybridized carbons (Fsp3) is 0.517. The van der Waals surface area contributed by atoms with Crippen molar-refractivity contribution in [1.29, 1.82) is 5.26 Å². The van der Waals surface area contributed by atoms with Crippen LogP contribution in [0.25, 0.3) is 0 Å². The minimum atomic E-state index is -1.04. The van der Waals surface area contributed by atoms with Crippen molar-refractivity contribution in [3.05, 3.63) is 69.7 Å². The summed E-state index contributed by atoms with van der Waals surface area (Å²) in [6, 6.07) is 17.2. The topological polar surface area (TPSA) is 86.6 Å². The summed E-state index contributed by atoms with van der Waals surface area (Å²) >= 11 is 12.6. The van der Waals surface area contributed by atoms with Gasteiger partial charge in [-0.2, -0.15) is 5.26 Å². The second kappa shape index (κ2) is 12.2. The lowest BCUT2D eigenvalue weighted by molar-refractivity contribution is 0.0372. The molecular formula is C29H36Cl2N4O3. The number of ether oxygens (including phenoxy) is 2. The van der Waals surface area contributed by atoms with Crippen LogP contribution >= 0.6 is 23.2 Å². The smallest absolute Gasteiger partial charge is 0.408 e. The SMILES string of the molecule is CC(C)(C)C[C@@H]1N[C@H](OC(=O)NCCN2CCOCC2)[C@H](c2cccc(Cl)c2)[C@@]1(C#N)c1ccc(Cl)cc1. The van der Waals surface area contributed by atoms with E-state index in [2.05, 4.69) is 42.4 Å². The molecule has 0 aromatic heterocycles. The minimum Gasteiger partial charge on any atom is -0.430 e. The number of halogens is 2. The molecule has 2 aliphatic rings. The Balaban J connectivity index is 1.66. The van der Waals surface area contributed by atoms with E-state index in [0.29, 0.717) is 42.8 Å². The molecule has 7 nitrogen and oxygen atoms in total. The molecule has 0 unspecified atom stereocenters. The van der Waals surface area contributed by atoms with Gasteiger partial charge in [-0.05, 0) is 47.2 Å². The van der Waals surface area contributed by atoms with Crippen LogP contribution in [0.2, 0.25) is 10.0 Å². The van der Waals surface area contributed by atoms with Crippen LogP contribution < -0.4 is 10.6 Å². The minimum absolute atomic E-state index is 0.0968. The Morgan fingerprint density at radius 2 is 1.89 bits per heavy atom. The van der Waals surface area contributed by atoms with E-state index in [1.807, 2.05) is 30.3 Å². The van der Waals surface area contributed by atoms with Gasteiger partial charge in [0.1, 0.15) is 5.41 Å². The molecule has 2 N–H and O–H groups in total. The zero-order valence-corrected chi connectivity index (χ0v) is 23.7. The first-order chi connectivity index (χ1) is 18.1. The average molecular weight is 560 g/mol. The first-order valence-electron chi connectivity index (χ1n) is 13.1. The summed E-state index contributed by atoms with van der Waals surface area (Å²) in [7, 11) is 0. The van der Waals surface area contributed by atoms with E-state index in [-0.39, 0.29) is 11.5 Å². The molecule has 204 valence electrons. The van der Waals surface area contributed by atoms with Gasteiger partial charge in [0.15, 0.2) is 6.23 Å². The third-order valence-electron chi connectivity index (χ3n) is 7.27. The maximum absolute atomic E-state index is 13.0. The van der Waals surface area contributed by atoms with E-state index in [1.165, 1.54) is 0 Å². The van der Waals surface area contributed by atoms with Crippen LogP contribution in [0.3, 0.4) is 0 Å². The number of hydrogen-bond acceptors (Lipinski definition) is 6. The van der Waals surface area contributed by atoms with Crippen LogP contribution in [0.4, 0.5) is 4.79 Å². The number of nitrogens with zero attached hydrogens (tertiary/aromatic N) is 2. The number of morpholine rings is 1. The van der Waals surface area contributed by atoms with Gasteiger partial charge in [0.25, 0.3) is 0 Å². The highest BCUT2D eigenvalue weighted by molar-refractivity contribution is 6.30. The van der Waals surface area contributed by atoms with Gasteiger partial charge in [0.05, 0.1) is 25.2 Å². The molecule has 0 radical (unpaired) electrons. The van der Waals surface area contributed by atoms with Gasteiger partial charge in [0.2, 0.25) is 0 Å². The summed E-state index contributed by atoms with van der Waals surface area (Å²) in [4.78, 5) is 15.3. The number of alkyl carbamates (subject to hydrolysis) is 1. The Morgan fingerprint density at radius 1 is 1.18 bits per heavy atom. The lowest BCUT2D eigenvalue weighted by Gasteiger charge is -2.37. The van der Waals surface area contributed by atoms with E-state index >= 15 is 0 Å². The van der Waals surface area contributed by atoms with Crippen molar-refractivity contribution in [1.82, 2.24) is 15.5 Å². The van der Waals surface area contributed by atoms with E-state index in [0.717, 1.165) is 24.2 Å². The van der Waals surface area contributed by atoms with Crippen LogP contribution in [0, 0.1) is 16.7 Å². The number of amides is 1. The summed E-state index contributed by atoms with van der Waals surface area (Å²) < 4.78 is 11.4. The van der Waals surface area contributed by atoms with Gasteiger partial charge >= 0.3 is 6.09 Å². The lowest BCUT2D eigenvalue weighted by atomic mass is 9.64. The van der Waals surface area contributed by atoms with Gasteiger partial charge in [-0.1, -0.05) is 68.2 Å². The van der Waals surface area contributed by atoms with Gasteiger partial charge in [0, 0.05) is 42.3 Å². The number of hydrogen-bond donors (Lipinski definition) is 2. The quantitative estimate of drug-likeness (QED) is 0.477. The van der Waals surface area contributed by atoms with Gasteiger partial charge < -0.3 is 14.8 Å². The molecule has 9 heteroatoms. The monoisotopic (exact) mass is 558 g/mol. The predicted octanol–water partition coefficient (Wildman–Crippen LogP) is 5.33. The molecule has 2 saturated heterocycles. The third-order valence-corrected chi connectivity index (χ3v) is 7.76. The molecule has 2 aromatic carbocycles. The fourth-order valence-electron chi connectivity index (χ4n) is 5.57. The molecule has 2 aromatic rings. The maximum Gasteiger partial charge on any atom is 0.408 e. The summed E-state index contributed by atoms with van der Waals surface area (Å²) in [5.41, 5.74) is 0.501. The number of carbonyl (C=O) groups excluding carboxylic acids is 1. The third kappa shape index (κ3) is 6.62. The standard InChI is InChI=1S/C29H36Cl2N4O3/c1-28(2,3)18-24-29(19-32,21-7-9-22(30)10-8-21)25(20-5-4-6-23(31)17-20)26(34-24)38-27(36)33-11-12-35-13-15-37-16-14-35/h4-10,17,24-26,34H,11-16,18H2,1-3H3,(H,33,36)/t24-,25-,26+,29-/m0/s1. The molecule has 0 saturated carbocycles. The highest BCUT2D eigenvalue weighted by atomic mass is 35.5. The Hall–Kier alpha value is -2.34. The van der Waals surface area contributed by atoms with E-state index < -0.39 is 23.7 Å². The zero-order valence-electron chi connectivity index (χ0n) is 22.2. The number of nitriles is 1. The Labute approximate surface area is 235 Å². The first-order valence-corrected chi connectivity index (χ1v) is 13.8. The largest absolute Gasteiger partial charge is 0.430 e. The predicted molar refractivity (Wildman–Crippen MR) is 149 cm³/mol. The zero-order chi connectivity index (χ0) is 27.3. The molecule has 1 amide bonds. The van der Waals surface area contributed by atoms with Crippen LogP contribution in [0.15, 0.2) is 48.5 Å². The number of carbonyl (C=O) groups is 1.